The molecule has 0 atom stereocenters. The lowest BCUT2D eigenvalue weighted by atomic mass is 10.2. The van der Waals surface area contributed by atoms with Crippen LogP contribution in [0.15, 0.2) is 39.0 Å². The van der Waals surface area contributed by atoms with Gasteiger partial charge in [0.1, 0.15) is 0 Å². The Morgan fingerprint density at radius 3 is 2.28 bits per heavy atom. The predicted octanol–water partition coefficient (Wildman–Crippen LogP) is 2.09. The van der Waals surface area contributed by atoms with Crippen LogP contribution >= 0.6 is 11.8 Å². The molecule has 0 radical (unpaired) electrons. The molecule has 2 N–H and O–H groups in total. The average Bonchev–Trinajstić information content (AvgIpc) is 3.15. The molecule has 0 fully saturated rings. The Hall–Kier alpha value is -3.34. The maximum atomic E-state index is 12.7. The van der Waals surface area contributed by atoms with Crippen LogP contribution in [0, 0.1) is 0 Å². The smallest absolute Gasteiger partial charge is 0.326 e. The number of hydrogen-bond donors (Lipinski definition) is 2. The normalized spacial score (nSPS) is 11.2. The SMILES string of the molecule is CCC(=O)Nc1cccc(NC(=O)CSc2nc3c(c(=O)n(C)c(=O)n3C)n2C(C)C)c1. The number of nitrogens with zero attached hydrogens (tertiary/aromatic N) is 4. The fraction of sp³-hybridized carbons (Fsp3) is 0.381. The summed E-state index contributed by atoms with van der Waals surface area (Å²) in [6.45, 7) is 5.58. The van der Waals surface area contributed by atoms with Crippen molar-refractivity contribution in [3.05, 3.63) is 45.1 Å². The summed E-state index contributed by atoms with van der Waals surface area (Å²) in [5.41, 5.74) is 0.881. The van der Waals surface area contributed by atoms with E-state index in [1.165, 1.54) is 23.4 Å². The van der Waals surface area contributed by atoms with Gasteiger partial charge < -0.3 is 15.2 Å². The number of aryl methyl sites for hydroxylation is 1. The molecule has 10 nitrogen and oxygen atoms in total. The van der Waals surface area contributed by atoms with Gasteiger partial charge in [-0.1, -0.05) is 24.8 Å². The summed E-state index contributed by atoms with van der Waals surface area (Å²) >= 11 is 1.18. The van der Waals surface area contributed by atoms with Crippen LogP contribution in [-0.4, -0.2) is 36.3 Å². The Morgan fingerprint density at radius 2 is 1.69 bits per heavy atom. The summed E-state index contributed by atoms with van der Waals surface area (Å²) in [6.07, 6.45) is 0.360. The Labute approximate surface area is 188 Å². The lowest BCUT2D eigenvalue weighted by Crippen LogP contribution is -2.37. The molecule has 0 saturated carbocycles. The molecule has 2 amide bonds. The number of aromatic nitrogens is 4. The second-order valence-corrected chi connectivity index (χ2v) is 8.50. The summed E-state index contributed by atoms with van der Waals surface area (Å²) in [4.78, 5) is 53.6. The van der Waals surface area contributed by atoms with Gasteiger partial charge in [-0.3, -0.25) is 23.5 Å². The lowest BCUT2D eigenvalue weighted by molar-refractivity contribution is -0.116. The average molecular weight is 459 g/mol. The van der Waals surface area contributed by atoms with Crippen LogP contribution in [0.5, 0.6) is 0 Å². The number of nitrogens with one attached hydrogen (secondary N) is 2. The number of thioether (sulfide) groups is 1. The minimum absolute atomic E-state index is 0.0514. The van der Waals surface area contributed by atoms with E-state index in [4.69, 9.17) is 0 Å². The molecule has 32 heavy (non-hydrogen) atoms. The van der Waals surface area contributed by atoms with Gasteiger partial charge in [0, 0.05) is 37.9 Å². The van der Waals surface area contributed by atoms with Gasteiger partial charge in [-0.15, -0.1) is 0 Å². The molecule has 0 bridgehead atoms. The number of benzene rings is 1. The van der Waals surface area contributed by atoms with Crippen LogP contribution in [0.3, 0.4) is 0 Å². The fourth-order valence-corrected chi connectivity index (χ4v) is 4.15. The zero-order valence-electron chi connectivity index (χ0n) is 18.6. The first-order chi connectivity index (χ1) is 15.1. The molecule has 0 saturated heterocycles. The number of carbonyl (C=O) groups is 2. The fourth-order valence-electron chi connectivity index (χ4n) is 3.23. The van der Waals surface area contributed by atoms with Crippen molar-refractivity contribution in [3.8, 4) is 0 Å². The molecule has 0 aliphatic heterocycles. The molecule has 1 aromatic carbocycles. The third-order valence-corrected chi connectivity index (χ3v) is 5.81. The van der Waals surface area contributed by atoms with Crippen molar-refractivity contribution in [1.82, 2.24) is 18.7 Å². The van der Waals surface area contributed by atoms with Gasteiger partial charge in [0.2, 0.25) is 11.8 Å². The number of amides is 2. The lowest BCUT2D eigenvalue weighted by Gasteiger charge is -2.13. The maximum Gasteiger partial charge on any atom is 0.332 e. The maximum absolute atomic E-state index is 12.7. The summed E-state index contributed by atoms with van der Waals surface area (Å²) < 4.78 is 4.13. The minimum atomic E-state index is -0.458. The molecule has 3 rings (SSSR count). The van der Waals surface area contributed by atoms with Crippen molar-refractivity contribution in [2.45, 2.75) is 38.4 Å². The molecule has 2 heterocycles. The van der Waals surface area contributed by atoms with Crippen LogP contribution in [0.2, 0.25) is 0 Å². The van der Waals surface area contributed by atoms with E-state index >= 15 is 0 Å². The number of rotatable bonds is 7. The van der Waals surface area contributed by atoms with Gasteiger partial charge in [0.25, 0.3) is 5.56 Å². The van der Waals surface area contributed by atoms with Crippen molar-refractivity contribution >= 4 is 46.1 Å². The molecule has 11 heteroatoms. The van der Waals surface area contributed by atoms with Crippen molar-refractivity contribution in [2.75, 3.05) is 16.4 Å². The molecule has 0 spiro atoms. The van der Waals surface area contributed by atoms with Gasteiger partial charge in [0.05, 0.1) is 5.75 Å². The number of anilines is 2. The molecular formula is C21H26N6O4S. The topological polar surface area (TPSA) is 120 Å². The number of carbonyl (C=O) groups excluding carboxylic acids is 2. The Kier molecular flexibility index (Phi) is 6.87. The quantitative estimate of drug-likeness (QED) is 0.523. The summed E-state index contributed by atoms with van der Waals surface area (Å²) in [5, 5.41) is 6.03. The van der Waals surface area contributed by atoms with Crippen molar-refractivity contribution in [2.24, 2.45) is 14.1 Å². The highest BCUT2D eigenvalue weighted by Crippen LogP contribution is 2.26. The van der Waals surface area contributed by atoms with Gasteiger partial charge in [-0.25, -0.2) is 9.78 Å². The second-order valence-electron chi connectivity index (χ2n) is 7.56. The molecule has 170 valence electrons. The number of fused-ring (bicyclic) bond motifs is 1. The molecular weight excluding hydrogens is 432 g/mol. The van der Waals surface area contributed by atoms with E-state index < -0.39 is 11.2 Å². The first kappa shape index (κ1) is 23.3. The minimum Gasteiger partial charge on any atom is -0.326 e. The molecule has 0 unspecified atom stereocenters. The van der Waals surface area contributed by atoms with Crippen LogP contribution in [-0.2, 0) is 23.7 Å². The molecule has 0 aliphatic rings. The second kappa shape index (κ2) is 9.43. The van der Waals surface area contributed by atoms with Crippen molar-refractivity contribution in [3.63, 3.8) is 0 Å². The zero-order valence-corrected chi connectivity index (χ0v) is 19.4. The standard InChI is InChI=1S/C21H26N6O4S/c1-6-15(28)22-13-8-7-9-14(10-13)23-16(29)11-32-20-24-18-17(27(20)12(2)3)19(30)26(5)21(31)25(18)4/h7-10,12H,6,11H2,1-5H3,(H,22,28)(H,23,29). The van der Waals surface area contributed by atoms with Gasteiger partial charge in [-0.05, 0) is 32.0 Å². The van der Waals surface area contributed by atoms with E-state index in [-0.39, 0.29) is 29.3 Å². The number of imidazole rings is 1. The van der Waals surface area contributed by atoms with Crippen molar-refractivity contribution < 1.29 is 9.59 Å². The summed E-state index contributed by atoms with van der Waals surface area (Å²) in [5.74, 6) is -0.328. The third-order valence-electron chi connectivity index (χ3n) is 4.86. The van der Waals surface area contributed by atoms with E-state index in [9.17, 15) is 19.2 Å². The Balaban J connectivity index is 1.82. The van der Waals surface area contributed by atoms with Crippen LogP contribution in [0.1, 0.15) is 33.2 Å². The highest BCUT2D eigenvalue weighted by atomic mass is 32.2. The van der Waals surface area contributed by atoms with Crippen LogP contribution < -0.4 is 21.9 Å². The highest BCUT2D eigenvalue weighted by Gasteiger charge is 2.21. The third kappa shape index (κ3) is 4.62. The van der Waals surface area contributed by atoms with Crippen LogP contribution in [0.4, 0.5) is 11.4 Å². The Bertz CT molecular complexity index is 1300. The monoisotopic (exact) mass is 458 g/mol. The van der Waals surface area contributed by atoms with E-state index in [1.54, 1.807) is 42.8 Å². The summed E-state index contributed by atoms with van der Waals surface area (Å²) in [7, 11) is 2.99. The zero-order chi connectivity index (χ0) is 23.6. The molecule has 2 aromatic heterocycles. The van der Waals surface area contributed by atoms with E-state index in [0.717, 1.165) is 4.57 Å². The van der Waals surface area contributed by atoms with E-state index in [2.05, 4.69) is 15.6 Å². The van der Waals surface area contributed by atoms with E-state index in [0.29, 0.717) is 28.5 Å². The number of hydrogen-bond acceptors (Lipinski definition) is 6. The van der Waals surface area contributed by atoms with Crippen LogP contribution in [0.25, 0.3) is 11.2 Å². The first-order valence-corrected chi connectivity index (χ1v) is 11.1. The molecule has 3 aromatic rings. The van der Waals surface area contributed by atoms with Crippen molar-refractivity contribution in [1.29, 1.82) is 0 Å². The molecule has 0 aliphatic carbocycles. The van der Waals surface area contributed by atoms with E-state index in [1.807, 2.05) is 13.8 Å². The first-order valence-electron chi connectivity index (χ1n) is 10.1. The van der Waals surface area contributed by atoms with Gasteiger partial charge in [-0.2, -0.15) is 0 Å². The Morgan fingerprint density at radius 1 is 1.06 bits per heavy atom. The highest BCUT2D eigenvalue weighted by molar-refractivity contribution is 7.99. The predicted molar refractivity (Wildman–Crippen MR) is 125 cm³/mol. The largest absolute Gasteiger partial charge is 0.332 e. The summed E-state index contributed by atoms with van der Waals surface area (Å²) in [6, 6.07) is 6.79. The van der Waals surface area contributed by atoms with Gasteiger partial charge in [0.15, 0.2) is 16.3 Å². The van der Waals surface area contributed by atoms with Gasteiger partial charge >= 0.3 is 5.69 Å².